The monoisotopic (exact) mass is 1010 g/mol. The van der Waals surface area contributed by atoms with Gasteiger partial charge in [0.05, 0.1) is 0 Å². The molecular weight excluding hydrogens is 937 g/mol. The van der Waals surface area contributed by atoms with E-state index in [-0.39, 0.29) is 35.7 Å². The van der Waals surface area contributed by atoms with E-state index in [1.807, 2.05) is 61.8 Å². The summed E-state index contributed by atoms with van der Waals surface area (Å²) in [6, 6.07) is 21.4. The predicted molar refractivity (Wildman–Crippen MR) is 289 cm³/mol. The van der Waals surface area contributed by atoms with Crippen molar-refractivity contribution in [3.63, 3.8) is 0 Å². The van der Waals surface area contributed by atoms with Crippen LogP contribution in [0.1, 0.15) is 120 Å². The number of carbonyl (C=O) groups is 6. The number of nitrogens with one attached hydrogen (secondary N) is 6. The Morgan fingerprint density at radius 1 is 0.541 bits per heavy atom. The molecule has 6 N–H and O–H groups in total. The standard InChI is InChI=1S/C58H78N8O8/c1-33(2)47(63-51(67)35(5)59-55(71)73-57(7,8)9)53(69)65-29-17-19-39(65)31-43-41-21-13-15-23-45(41)61-49(43)37-25-27-38(28-26-37)50-44(42-22-14-16-24-46(42)62-50)32-40-20-18-30-66(40)54(70)48(34(3)4)64-52(68)36(6)60-56(72)74-58(10,11)12/h13-16,21-28,33-36,39-40,47-48,61-62H,17-20,29-32H2,1-12H3,(H,59,71)(H,60,72)(H,63,67)(H,64,68)/t35-,36-,39-,40-,47-,48-/m0/s1. The highest BCUT2D eigenvalue weighted by Gasteiger charge is 2.39. The second-order valence-corrected chi connectivity index (χ2v) is 22.9. The number of ether oxygens (including phenoxy) is 2. The quantitative estimate of drug-likeness (QED) is 0.0561. The van der Waals surface area contributed by atoms with E-state index >= 15 is 0 Å². The van der Waals surface area contributed by atoms with E-state index in [2.05, 4.69) is 79.8 Å². The molecule has 2 aromatic heterocycles. The molecule has 2 aliphatic heterocycles. The Kier molecular flexibility index (Phi) is 16.9. The van der Waals surface area contributed by atoms with Gasteiger partial charge in [-0.05, 0) is 140 Å². The van der Waals surface area contributed by atoms with Crippen LogP contribution in [0.25, 0.3) is 44.3 Å². The molecule has 0 saturated carbocycles. The average molecular weight is 1020 g/mol. The molecule has 7 rings (SSSR count). The van der Waals surface area contributed by atoms with Crippen LogP contribution in [-0.2, 0) is 41.5 Å². The molecule has 0 aliphatic carbocycles. The van der Waals surface area contributed by atoms with Gasteiger partial charge in [-0.15, -0.1) is 0 Å². The number of rotatable bonds is 16. The minimum Gasteiger partial charge on any atom is -0.444 e. The maximum Gasteiger partial charge on any atom is 0.408 e. The van der Waals surface area contributed by atoms with Crippen LogP contribution in [0.3, 0.4) is 0 Å². The lowest BCUT2D eigenvalue weighted by atomic mass is 9.94. The van der Waals surface area contributed by atoms with Crippen LogP contribution in [-0.4, -0.2) is 116 Å². The molecule has 6 atom stereocenters. The van der Waals surface area contributed by atoms with Crippen molar-refractivity contribution < 1.29 is 38.2 Å². The second-order valence-electron chi connectivity index (χ2n) is 22.9. The molecule has 2 fully saturated rings. The zero-order chi connectivity index (χ0) is 53.8. The van der Waals surface area contributed by atoms with E-state index in [1.54, 1.807) is 55.4 Å². The van der Waals surface area contributed by atoms with Crippen molar-refractivity contribution in [3.05, 3.63) is 83.9 Å². The summed E-state index contributed by atoms with van der Waals surface area (Å²) < 4.78 is 10.7. The number of nitrogens with zero attached hydrogens (tertiary/aromatic N) is 2. The van der Waals surface area contributed by atoms with E-state index in [0.717, 1.165) is 81.1 Å². The Bertz CT molecular complexity index is 2640. The fourth-order valence-electron chi connectivity index (χ4n) is 10.3. The first kappa shape index (κ1) is 54.9. The van der Waals surface area contributed by atoms with Crippen molar-refractivity contribution in [2.45, 2.75) is 169 Å². The third kappa shape index (κ3) is 13.1. The van der Waals surface area contributed by atoms with Gasteiger partial charge in [0, 0.05) is 58.4 Å². The number of alkyl carbamates (subject to hydrolysis) is 2. The van der Waals surface area contributed by atoms with Gasteiger partial charge in [0.15, 0.2) is 0 Å². The molecule has 5 aromatic rings. The van der Waals surface area contributed by atoms with Gasteiger partial charge in [-0.1, -0.05) is 88.4 Å². The number of likely N-dealkylation sites (tertiary alicyclic amines) is 2. The number of aromatic nitrogens is 2. The number of H-pyrrole nitrogens is 2. The maximum atomic E-state index is 14.5. The average Bonchev–Trinajstić information content (AvgIpc) is 4.14. The van der Waals surface area contributed by atoms with Crippen LogP contribution < -0.4 is 21.3 Å². The third-order valence-corrected chi connectivity index (χ3v) is 14.0. The number of benzene rings is 3. The fourth-order valence-corrected chi connectivity index (χ4v) is 10.3. The second kappa shape index (κ2) is 22.7. The minimum absolute atomic E-state index is 0.108. The van der Waals surface area contributed by atoms with E-state index < -0.39 is 59.4 Å². The summed E-state index contributed by atoms with van der Waals surface area (Å²) in [5, 5.41) is 13.2. The summed E-state index contributed by atoms with van der Waals surface area (Å²) in [7, 11) is 0. The number of carbonyl (C=O) groups excluding carboxylic acids is 6. The van der Waals surface area contributed by atoms with Gasteiger partial charge in [0.25, 0.3) is 0 Å². The van der Waals surface area contributed by atoms with Crippen molar-refractivity contribution in [3.8, 4) is 22.5 Å². The number of fused-ring (bicyclic) bond motifs is 2. The van der Waals surface area contributed by atoms with Gasteiger partial charge in [-0.3, -0.25) is 19.2 Å². The molecule has 0 bridgehead atoms. The van der Waals surface area contributed by atoms with Crippen molar-refractivity contribution in [2.75, 3.05) is 13.1 Å². The first-order chi connectivity index (χ1) is 34.9. The topological polar surface area (TPSA) is 207 Å². The van der Waals surface area contributed by atoms with Crippen molar-refractivity contribution in [2.24, 2.45) is 11.8 Å². The van der Waals surface area contributed by atoms with Crippen molar-refractivity contribution >= 4 is 57.6 Å². The van der Waals surface area contributed by atoms with Crippen LogP contribution >= 0.6 is 0 Å². The smallest absolute Gasteiger partial charge is 0.408 e. The summed E-state index contributed by atoms with van der Waals surface area (Å²) >= 11 is 0. The molecule has 16 nitrogen and oxygen atoms in total. The molecule has 0 unspecified atom stereocenters. The first-order valence-electron chi connectivity index (χ1n) is 26.4. The Morgan fingerprint density at radius 2 is 0.892 bits per heavy atom. The van der Waals surface area contributed by atoms with E-state index in [0.29, 0.717) is 25.9 Å². The van der Waals surface area contributed by atoms with Gasteiger partial charge in [0.2, 0.25) is 23.6 Å². The number of hydrogen-bond donors (Lipinski definition) is 6. The highest BCUT2D eigenvalue weighted by atomic mass is 16.6. The molecule has 6 amide bonds. The minimum atomic E-state index is -0.914. The highest BCUT2D eigenvalue weighted by Crippen LogP contribution is 2.38. The van der Waals surface area contributed by atoms with Gasteiger partial charge in [-0.2, -0.15) is 0 Å². The van der Waals surface area contributed by atoms with Crippen molar-refractivity contribution in [1.29, 1.82) is 0 Å². The molecule has 0 spiro atoms. The van der Waals surface area contributed by atoms with Crippen LogP contribution in [0.15, 0.2) is 72.8 Å². The molecule has 4 heterocycles. The van der Waals surface area contributed by atoms with Crippen LogP contribution in [0.5, 0.6) is 0 Å². The number of aromatic amines is 2. The lowest BCUT2D eigenvalue weighted by Crippen LogP contribution is -2.56. The molecule has 16 heteroatoms. The zero-order valence-electron chi connectivity index (χ0n) is 45.4. The van der Waals surface area contributed by atoms with Crippen LogP contribution in [0.4, 0.5) is 9.59 Å². The first-order valence-corrected chi connectivity index (χ1v) is 26.4. The van der Waals surface area contributed by atoms with Gasteiger partial charge < -0.3 is 50.5 Å². The highest BCUT2D eigenvalue weighted by molar-refractivity contribution is 5.95. The normalized spacial score (nSPS) is 17.8. The van der Waals surface area contributed by atoms with Crippen LogP contribution in [0, 0.1) is 11.8 Å². The van der Waals surface area contributed by atoms with Crippen LogP contribution in [0.2, 0.25) is 0 Å². The summed E-state index contributed by atoms with van der Waals surface area (Å²) in [4.78, 5) is 91.9. The molecule has 74 heavy (non-hydrogen) atoms. The van der Waals surface area contributed by atoms with E-state index in [1.165, 1.54) is 0 Å². The van der Waals surface area contributed by atoms with Gasteiger partial charge >= 0.3 is 12.2 Å². The zero-order valence-corrected chi connectivity index (χ0v) is 45.4. The Balaban J connectivity index is 1.10. The lowest BCUT2D eigenvalue weighted by Gasteiger charge is -2.32. The maximum absolute atomic E-state index is 14.5. The summed E-state index contributed by atoms with van der Waals surface area (Å²) in [6.07, 6.45) is 3.09. The van der Waals surface area contributed by atoms with Crippen molar-refractivity contribution in [1.82, 2.24) is 41.0 Å². The Morgan fingerprint density at radius 3 is 1.23 bits per heavy atom. The number of amides is 6. The SMILES string of the molecule is CC(C)[C@H](NC(=O)[C@H](C)NC(=O)OC(C)(C)C)C(=O)N1CCC[C@H]1Cc1c(-c2ccc(-c3[nH]c4ccccc4c3C[C@@H]3CCCN3C(=O)[C@@H](NC(=O)[C@H](C)NC(=O)OC(C)(C)C)C(C)C)cc2)[nH]c2ccccc12. The van der Waals surface area contributed by atoms with Gasteiger partial charge in [0.1, 0.15) is 35.4 Å². The molecule has 2 aliphatic rings. The fraction of sp³-hybridized carbons (Fsp3) is 0.517. The van der Waals surface area contributed by atoms with E-state index in [4.69, 9.17) is 9.47 Å². The van der Waals surface area contributed by atoms with Gasteiger partial charge in [-0.25, -0.2) is 9.59 Å². The third-order valence-electron chi connectivity index (χ3n) is 14.0. The predicted octanol–water partition coefficient (Wildman–Crippen LogP) is 9.16. The summed E-state index contributed by atoms with van der Waals surface area (Å²) in [5.41, 5.74) is 6.72. The lowest BCUT2D eigenvalue weighted by molar-refractivity contribution is -0.139. The number of para-hydroxylation sites is 2. The van der Waals surface area contributed by atoms with E-state index in [9.17, 15) is 28.8 Å². The Hall–Kier alpha value is -6.84. The summed E-state index contributed by atoms with van der Waals surface area (Å²) in [5.74, 6) is -1.62. The largest absolute Gasteiger partial charge is 0.444 e. The molecule has 398 valence electrons. The molecule has 0 radical (unpaired) electrons. The molecule has 2 saturated heterocycles. The Labute approximate surface area is 435 Å². The summed E-state index contributed by atoms with van der Waals surface area (Å²) in [6.45, 7) is 22.5. The number of hydrogen-bond acceptors (Lipinski definition) is 8. The molecular formula is C58H78N8O8. The molecule has 3 aromatic carbocycles.